The van der Waals surface area contributed by atoms with Gasteiger partial charge in [-0.25, -0.2) is 0 Å². The molecule has 0 spiro atoms. The monoisotopic (exact) mass is 2120 g/mol. The van der Waals surface area contributed by atoms with Crippen molar-refractivity contribution in [1.29, 1.82) is 0 Å². The van der Waals surface area contributed by atoms with Gasteiger partial charge in [-0.3, -0.25) is 0 Å². The Bertz CT molecular complexity index is 3740. The Labute approximate surface area is 892 Å². The maximum Gasteiger partial charge on any atom is 0.0701 e. The highest BCUT2D eigenvalue weighted by molar-refractivity contribution is 6.02. The van der Waals surface area contributed by atoms with Crippen molar-refractivity contribution in [3.8, 4) is 0 Å². The first-order chi connectivity index (χ1) is 74.4. The van der Waals surface area contributed by atoms with Crippen LogP contribution in [0.2, 0.25) is 0 Å². The largest absolute Gasteiger partial charge is 0.382 e. The number of nitrogens with zero attached hydrogens (tertiary/aromatic N) is 4. The van der Waals surface area contributed by atoms with Crippen LogP contribution in [0.4, 0.5) is 22.7 Å². The van der Waals surface area contributed by atoms with Gasteiger partial charge in [-0.2, -0.15) is 0 Å². The first kappa shape index (κ1) is 129. The summed E-state index contributed by atoms with van der Waals surface area (Å²) < 4.78 is 183. The lowest BCUT2D eigenvalue weighted by Gasteiger charge is -2.25. The first-order valence-corrected chi connectivity index (χ1v) is 53.0. The lowest BCUT2D eigenvalue weighted by molar-refractivity contribution is 0.00301. The molecule has 844 valence electrons. The topological polar surface area (TPSA) is 308 Å². The van der Waals surface area contributed by atoms with E-state index in [1.165, 1.54) is 0 Å². The molecule has 0 aliphatic carbocycles. The van der Waals surface area contributed by atoms with Crippen molar-refractivity contribution < 1.29 is 152 Å². The van der Waals surface area contributed by atoms with Crippen molar-refractivity contribution in [2.24, 2.45) is 0 Å². The quantitative estimate of drug-likeness (QED) is 0.0194. The van der Waals surface area contributed by atoms with Crippen LogP contribution in [0.15, 0.2) is 146 Å². The smallest absolute Gasteiger partial charge is 0.0701 e. The molecule has 0 heterocycles. The SMILES string of the molecule is COCCOCCOCCOCCN(CCOCCOCCOCCOC)c1ccc([C+](C=c2c3ccccc3c(=C[C+](c3ccc(N(CCOCCOCCOCCOC)CCOCCOCCOCCOC)cc3)c3ccc(N(CCOCCOCCOCCOC)CCOCCOCCOCCOC)cc3)c3ccccc23)c2ccc(N(CCOCCOCCOCCOC)CCOCCOCCOCCOC)cc2)cc1. The number of rotatable bonds is 106. The van der Waals surface area contributed by atoms with Gasteiger partial charge in [0, 0.05) is 176 Å². The van der Waals surface area contributed by atoms with E-state index in [4.69, 9.17) is 152 Å². The van der Waals surface area contributed by atoms with E-state index in [1.807, 2.05) is 0 Å². The van der Waals surface area contributed by atoms with Gasteiger partial charge in [0.05, 0.1) is 404 Å². The Morgan fingerprint density at radius 3 is 0.380 bits per heavy atom. The average molecular weight is 2120 g/mol. The second-order valence-corrected chi connectivity index (χ2v) is 33.8. The third-order valence-electron chi connectivity index (χ3n) is 23.2. The lowest BCUT2D eigenvalue weighted by atomic mass is 9.86. The van der Waals surface area contributed by atoms with Gasteiger partial charge in [0.2, 0.25) is 0 Å². The molecule has 7 rings (SSSR count). The fraction of sp³-hybridized carbons (Fsp3) is 0.632. The number of hydrogen-bond acceptors (Lipinski definition) is 36. The maximum atomic E-state index is 6.25. The number of benzene rings is 7. The minimum atomic E-state index is 0.425. The fourth-order valence-electron chi connectivity index (χ4n) is 15.2. The van der Waals surface area contributed by atoms with Crippen molar-refractivity contribution in [2.45, 2.75) is 0 Å². The van der Waals surface area contributed by atoms with Gasteiger partial charge in [0.25, 0.3) is 0 Å². The van der Waals surface area contributed by atoms with Crippen LogP contribution in [0.25, 0.3) is 33.7 Å². The zero-order valence-corrected chi connectivity index (χ0v) is 91.1. The van der Waals surface area contributed by atoms with Crippen LogP contribution in [0, 0.1) is 11.8 Å². The molecule has 0 bridgehead atoms. The molecular weight excluding hydrogens is 1940 g/mol. The zero-order chi connectivity index (χ0) is 106. The van der Waals surface area contributed by atoms with E-state index in [0.29, 0.717) is 422 Å². The van der Waals surface area contributed by atoms with Gasteiger partial charge < -0.3 is 171 Å². The summed E-state index contributed by atoms with van der Waals surface area (Å²) in [5.41, 5.74) is 8.04. The molecule has 36 heteroatoms. The third-order valence-corrected chi connectivity index (χ3v) is 23.2. The molecule has 0 saturated heterocycles. The molecule has 0 aromatic heterocycles. The molecule has 0 fully saturated rings. The highest BCUT2D eigenvalue weighted by Crippen LogP contribution is 2.34. The van der Waals surface area contributed by atoms with Crippen molar-refractivity contribution >= 4 is 56.4 Å². The van der Waals surface area contributed by atoms with Crippen molar-refractivity contribution in [3.05, 3.63) is 190 Å². The third kappa shape index (κ3) is 59.4. The lowest BCUT2D eigenvalue weighted by Crippen LogP contribution is -2.31. The molecule has 0 radical (unpaired) electrons. The van der Waals surface area contributed by atoms with Crippen molar-refractivity contribution in [3.63, 3.8) is 0 Å². The molecule has 0 aliphatic rings. The zero-order valence-electron chi connectivity index (χ0n) is 91.1. The predicted molar refractivity (Wildman–Crippen MR) is 582 cm³/mol. The van der Waals surface area contributed by atoms with Crippen LogP contribution in [0.3, 0.4) is 0 Å². The Morgan fingerprint density at radius 2 is 0.260 bits per heavy atom. The Kier molecular flexibility index (Phi) is 79.1. The van der Waals surface area contributed by atoms with Crippen LogP contribution in [-0.2, 0) is 152 Å². The van der Waals surface area contributed by atoms with E-state index in [0.717, 1.165) is 88.8 Å². The van der Waals surface area contributed by atoms with Gasteiger partial charge in [-0.15, -0.1) is 0 Å². The Balaban J connectivity index is 1.34. The van der Waals surface area contributed by atoms with E-state index in [1.54, 1.807) is 56.9 Å². The predicted octanol–water partition coefficient (Wildman–Crippen LogP) is 9.69. The van der Waals surface area contributed by atoms with Crippen molar-refractivity contribution in [1.82, 2.24) is 0 Å². The van der Waals surface area contributed by atoms with Gasteiger partial charge in [-0.05, 0) is 121 Å². The van der Waals surface area contributed by atoms with E-state index < -0.39 is 0 Å². The summed E-state index contributed by atoms with van der Waals surface area (Å²) >= 11 is 0. The molecule has 7 aromatic carbocycles. The summed E-state index contributed by atoms with van der Waals surface area (Å²) in [7, 11) is 13.3. The molecule has 36 nitrogen and oxygen atoms in total. The molecule has 7 aromatic rings. The van der Waals surface area contributed by atoms with Gasteiger partial charge in [0.15, 0.2) is 0 Å². The van der Waals surface area contributed by atoms with Crippen LogP contribution in [0.1, 0.15) is 22.3 Å². The first-order valence-electron chi connectivity index (χ1n) is 53.0. The van der Waals surface area contributed by atoms with Crippen LogP contribution < -0.4 is 30.0 Å². The van der Waals surface area contributed by atoms with E-state index in [2.05, 4.69) is 177 Å². The number of ether oxygens (including phenoxy) is 32. The molecule has 0 amide bonds. The second kappa shape index (κ2) is 91.7. The van der Waals surface area contributed by atoms with Gasteiger partial charge in [0.1, 0.15) is 0 Å². The minimum absolute atomic E-state index is 0.425. The van der Waals surface area contributed by atoms with E-state index in [-0.39, 0.29) is 0 Å². The molecule has 0 unspecified atom stereocenters. The van der Waals surface area contributed by atoms with Gasteiger partial charge >= 0.3 is 0 Å². The number of fused-ring (bicyclic) bond motifs is 2. The highest BCUT2D eigenvalue weighted by Gasteiger charge is 2.26. The number of hydrogen-bond donors (Lipinski definition) is 0. The normalized spacial score (nSPS) is 11.6. The molecule has 0 N–H and O–H groups in total. The fourth-order valence-corrected chi connectivity index (χ4v) is 15.2. The summed E-state index contributed by atoms with van der Waals surface area (Å²) in [5, 5.41) is 6.36. The maximum absolute atomic E-state index is 6.25. The summed E-state index contributed by atoms with van der Waals surface area (Å²) in [4.78, 5) is 9.22. The molecule has 0 aliphatic heterocycles. The summed E-state index contributed by atoms with van der Waals surface area (Å²) in [6.45, 7) is 31.0. The van der Waals surface area contributed by atoms with E-state index >= 15 is 0 Å². The summed E-state index contributed by atoms with van der Waals surface area (Å²) in [6, 6.07) is 53.0. The Hall–Kier alpha value is -7.54. The van der Waals surface area contributed by atoms with Crippen LogP contribution in [0.5, 0.6) is 0 Å². The van der Waals surface area contributed by atoms with Gasteiger partial charge in [-0.1, -0.05) is 24.3 Å². The Morgan fingerprint density at radius 1 is 0.147 bits per heavy atom. The molecular formula is C114H178N4O32+2. The van der Waals surface area contributed by atoms with E-state index in [9.17, 15) is 0 Å². The van der Waals surface area contributed by atoms with Crippen LogP contribution >= 0.6 is 0 Å². The number of methoxy groups -OCH3 is 8. The summed E-state index contributed by atoms with van der Waals surface area (Å²) in [5.74, 6) is 2.02. The van der Waals surface area contributed by atoms with Crippen LogP contribution in [-0.4, -0.2) is 479 Å². The number of anilines is 4. The average Bonchev–Trinajstić information content (AvgIpc) is 0.742. The standard InChI is InChI=1S/C114H178N4O32/c1-119-49-57-135-81-89-143-73-65-127-41-33-115(34-42-128-66-74-144-90-82-136-58-50-120-2)103-25-17-99(18-26-103)111(100-19-27-104(28-20-100)116(35-43-129-67-75-145-91-83-137-59-51-121-3)36-44-130-68-76-146-92-84-138-60-52-122-4)97-113-107-13-9-11-15-109(107)114(110-16-12-10-14-108(110)113)98-112(101-21-29-105(30-22-101)117(37-45-131-69-77-147-93-85-139-61-53-123-5)38-46-132-70-78-148-94-86-140-62-54-124-6)102-23-31-106(32-24-102)118(39-47-133-71-79-149-95-87-141-63-55-125-7)40-48-134-72-80-150-96-88-142-64-56-126-8/h9-32,97-98H,33-96H2,1-8H3/q+2. The summed E-state index contributed by atoms with van der Waals surface area (Å²) in [6.07, 6.45) is 4.76. The van der Waals surface area contributed by atoms with Crippen molar-refractivity contribution in [2.75, 3.05) is 499 Å². The highest BCUT2D eigenvalue weighted by atomic mass is 16.6. The molecule has 0 saturated carbocycles. The molecule has 150 heavy (non-hydrogen) atoms. The second-order valence-electron chi connectivity index (χ2n) is 33.8. The molecule has 0 atom stereocenters. The minimum Gasteiger partial charge on any atom is -0.382 e.